The van der Waals surface area contributed by atoms with Crippen LogP contribution in [-0.2, 0) is 13.7 Å². The molecule has 7 heteroatoms. The number of furan rings is 1. The second kappa shape index (κ2) is 3.86. The van der Waals surface area contributed by atoms with Gasteiger partial charge in [0, 0.05) is 12.6 Å². The average molecular weight is 225 g/mol. The molecule has 2 aromatic heterocycles. The van der Waals surface area contributed by atoms with Crippen molar-refractivity contribution in [1.29, 1.82) is 0 Å². The van der Waals surface area contributed by atoms with Crippen molar-refractivity contribution >= 4 is 0 Å². The van der Waals surface area contributed by atoms with Gasteiger partial charge in [-0.05, 0) is 0 Å². The molecule has 0 aliphatic heterocycles. The van der Waals surface area contributed by atoms with Gasteiger partial charge in [0.1, 0.15) is 6.26 Å². The highest BCUT2D eigenvalue weighted by Gasteiger charge is 2.17. The summed E-state index contributed by atoms with van der Waals surface area (Å²) in [5.74, 6) is 0. The number of hydrogen-bond acceptors (Lipinski definition) is 5. The van der Waals surface area contributed by atoms with E-state index in [9.17, 15) is 4.79 Å². The van der Waals surface area contributed by atoms with E-state index in [1.807, 2.05) is 0 Å². The quantitative estimate of drug-likeness (QED) is 0.773. The molecule has 0 aromatic carbocycles. The maximum Gasteiger partial charge on any atom is 0.353 e. The van der Waals surface area contributed by atoms with Crippen LogP contribution >= 0.6 is 0 Å². The van der Waals surface area contributed by atoms with Gasteiger partial charge in [0.2, 0.25) is 0 Å². The van der Waals surface area contributed by atoms with Gasteiger partial charge >= 0.3 is 11.7 Å². The van der Waals surface area contributed by atoms with E-state index in [1.165, 1.54) is 31.3 Å². The molecular weight excluding hydrogens is 214 g/mol. The highest BCUT2D eigenvalue weighted by molar-refractivity contribution is 5.38. The molecule has 2 rings (SSSR count). The third-order valence-corrected chi connectivity index (χ3v) is 2.21. The largest absolute Gasteiger partial charge is 0.470 e. The van der Waals surface area contributed by atoms with E-state index < -0.39 is 0 Å². The van der Waals surface area contributed by atoms with Crippen molar-refractivity contribution in [2.45, 2.75) is 6.61 Å². The van der Waals surface area contributed by atoms with Crippen LogP contribution in [0.1, 0.15) is 5.56 Å². The molecule has 0 saturated carbocycles. The number of aryl methyl sites for hydroxylation is 1. The van der Waals surface area contributed by atoms with E-state index in [1.54, 1.807) is 0 Å². The summed E-state index contributed by atoms with van der Waals surface area (Å²) in [6, 6.07) is 0.142. The van der Waals surface area contributed by atoms with Crippen LogP contribution in [0.2, 0.25) is 0 Å². The zero-order chi connectivity index (χ0) is 11.7. The van der Waals surface area contributed by atoms with Crippen molar-refractivity contribution in [2.75, 3.05) is 7.11 Å². The minimum Gasteiger partial charge on any atom is -0.470 e. The predicted molar refractivity (Wildman–Crippen MR) is 53.5 cm³/mol. The number of rotatable bonds is 3. The molecular formula is C9H11N3O4. The van der Waals surface area contributed by atoms with Crippen LogP contribution in [0.5, 0.6) is 6.01 Å². The molecule has 0 amide bonds. The van der Waals surface area contributed by atoms with E-state index in [0.29, 0.717) is 11.3 Å². The smallest absolute Gasteiger partial charge is 0.353 e. The van der Waals surface area contributed by atoms with Crippen LogP contribution in [0, 0.1) is 0 Å². The topological polar surface area (TPSA) is 82.4 Å². The summed E-state index contributed by atoms with van der Waals surface area (Å²) < 4.78 is 12.3. The first kappa shape index (κ1) is 10.5. The fourth-order valence-corrected chi connectivity index (χ4v) is 1.41. The number of aliphatic hydroxyl groups excluding tert-OH is 1. The Balaban J connectivity index is 2.68. The molecule has 0 bridgehead atoms. The molecule has 0 aliphatic rings. The number of aromatic nitrogens is 3. The molecule has 0 saturated heterocycles. The third-order valence-electron chi connectivity index (χ3n) is 2.21. The molecule has 2 heterocycles. The van der Waals surface area contributed by atoms with E-state index in [-0.39, 0.29) is 18.3 Å². The standard InChI is InChI=1S/C9H11N3O4/c1-11-9(14)12(8(10-11)15-2)7-5-16-4-6(7)3-13/h4-5,13H,3H2,1-2H3. The average Bonchev–Trinajstić information content (AvgIpc) is 2.84. The number of nitrogens with zero attached hydrogens (tertiary/aromatic N) is 3. The Morgan fingerprint density at radius 3 is 2.94 bits per heavy atom. The molecule has 1 N–H and O–H groups in total. The summed E-state index contributed by atoms with van der Waals surface area (Å²) in [4.78, 5) is 11.8. The Bertz CT molecular complexity index is 551. The van der Waals surface area contributed by atoms with E-state index in [4.69, 9.17) is 14.3 Å². The lowest BCUT2D eigenvalue weighted by atomic mass is 10.3. The van der Waals surface area contributed by atoms with Crippen molar-refractivity contribution < 1.29 is 14.3 Å². The van der Waals surface area contributed by atoms with Gasteiger partial charge in [-0.3, -0.25) is 0 Å². The zero-order valence-electron chi connectivity index (χ0n) is 8.88. The molecule has 0 unspecified atom stereocenters. The van der Waals surface area contributed by atoms with E-state index >= 15 is 0 Å². The lowest BCUT2D eigenvalue weighted by Crippen LogP contribution is -2.22. The van der Waals surface area contributed by atoms with Gasteiger partial charge in [0.05, 0.1) is 25.7 Å². The fourth-order valence-electron chi connectivity index (χ4n) is 1.41. The van der Waals surface area contributed by atoms with Gasteiger partial charge in [-0.2, -0.15) is 0 Å². The van der Waals surface area contributed by atoms with Gasteiger partial charge in [-0.1, -0.05) is 0 Å². The highest BCUT2D eigenvalue weighted by Crippen LogP contribution is 2.18. The summed E-state index contributed by atoms with van der Waals surface area (Å²) in [7, 11) is 2.93. The molecule has 16 heavy (non-hydrogen) atoms. The molecule has 0 radical (unpaired) electrons. The lowest BCUT2D eigenvalue weighted by molar-refractivity contribution is 0.280. The van der Waals surface area contributed by atoms with Crippen molar-refractivity contribution in [3.63, 3.8) is 0 Å². The van der Waals surface area contributed by atoms with Gasteiger partial charge in [0.25, 0.3) is 0 Å². The molecule has 7 nitrogen and oxygen atoms in total. The minimum atomic E-state index is -0.368. The Morgan fingerprint density at radius 2 is 2.31 bits per heavy atom. The van der Waals surface area contributed by atoms with E-state index in [0.717, 1.165) is 4.68 Å². The van der Waals surface area contributed by atoms with E-state index in [2.05, 4.69) is 5.10 Å². The van der Waals surface area contributed by atoms with Gasteiger partial charge < -0.3 is 14.3 Å². The number of methoxy groups -OCH3 is 1. The minimum absolute atomic E-state index is 0.142. The zero-order valence-corrected chi connectivity index (χ0v) is 8.88. The summed E-state index contributed by atoms with van der Waals surface area (Å²) in [5, 5.41) is 13.0. The third kappa shape index (κ3) is 1.41. The summed E-state index contributed by atoms with van der Waals surface area (Å²) in [5.41, 5.74) is 0.554. The Hall–Kier alpha value is -2.02. The molecule has 0 spiro atoms. The summed E-state index contributed by atoms with van der Waals surface area (Å²) in [6.07, 6.45) is 2.73. The Labute approximate surface area is 90.5 Å². The summed E-state index contributed by atoms with van der Waals surface area (Å²) >= 11 is 0. The van der Waals surface area contributed by atoms with Crippen molar-refractivity contribution in [3.05, 3.63) is 28.6 Å². The number of ether oxygens (including phenoxy) is 1. The van der Waals surface area contributed by atoms with Gasteiger partial charge in [0.15, 0.2) is 0 Å². The number of hydrogen-bond donors (Lipinski definition) is 1. The molecule has 0 aliphatic carbocycles. The fraction of sp³-hybridized carbons (Fsp3) is 0.333. The molecule has 0 atom stereocenters. The first-order valence-electron chi connectivity index (χ1n) is 4.55. The molecule has 2 aromatic rings. The van der Waals surface area contributed by atoms with Crippen LogP contribution in [0.3, 0.4) is 0 Å². The monoisotopic (exact) mass is 225 g/mol. The second-order valence-electron chi connectivity index (χ2n) is 3.17. The maximum absolute atomic E-state index is 11.8. The maximum atomic E-state index is 11.8. The van der Waals surface area contributed by atoms with Crippen LogP contribution in [0.25, 0.3) is 5.69 Å². The SMILES string of the molecule is COc1nn(C)c(=O)n1-c1cocc1CO. The summed E-state index contributed by atoms with van der Waals surface area (Å²) in [6.45, 7) is -0.226. The van der Waals surface area contributed by atoms with Crippen LogP contribution in [-0.4, -0.2) is 26.6 Å². The normalized spacial score (nSPS) is 10.7. The number of aliphatic hydroxyl groups is 1. The van der Waals surface area contributed by atoms with Crippen LogP contribution in [0.4, 0.5) is 0 Å². The van der Waals surface area contributed by atoms with Gasteiger partial charge in [-0.15, -0.1) is 5.10 Å². The Kier molecular flexibility index (Phi) is 2.53. The Morgan fingerprint density at radius 1 is 1.56 bits per heavy atom. The van der Waals surface area contributed by atoms with Crippen molar-refractivity contribution in [2.24, 2.45) is 7.05 Å². The highest BCUT2D eigenvalue weighted by atomic mass is 16.5. The first-order chi connectivity index (χ1) is 7.69. The molecule has 86 valence electrons. The molecule has 0 fully saturated rings. The lowest BCUT2D eigenvalue weighted by Gasteiger charge is -2.02. The van der Waals surface area contributed by atoms with Gasteiger partial charge in [-0.25, -0.2) is 14.0 Å². The van der Waals surface area contributed by atoms with Crippen LogP contribution in [0.15, 0.2) is 21.7 Å². The van der Waals surface area contributed by atoms with Crippen molar-refractivity contribution in [1.82, 2.24) is 14.3 Å². The predicted octanol–water partition coefficient (Wildman–Crippen LogP) is -0.335. The first-order valence-corrected chi connectivity index (χ1v) is 4.55. The van der Waals surface area contributed by atoms with Crippen molar-refractivity contribution in [3.8, 4) is 11.7 Å². The van der Waals surface area contributed by atoms with Crippen LogP contribution < -0.4 is 10.4 Å². The second-order valence-corrected chi connectivity index (χ2v) is 3.17.